The number of nitrogens with one attached hydrogen (secondary N) is 1. The van der Waals surface area contributed by atoms with Gasteiger partial charge in [0.05, 0.1) is 10.6 Å². The third kappa shape index (κ3) is 2.24. The second-order valence-corrected chi connectivity index (χ2v) is 6.12. The van der Waals surface area contributed by atoms with E-state index in [0.29, 0.717) is 18.6 Å². The van der Waals surface area contributed by atoms with Crippen LogP contribution in [0.15, 0.2) is 29.4 Å². The van der Waals surface area contributed by atoms with E-state index < -0.39 is 10.5 Å². The van der Waals surface area contributed by atoms with Crippen LogP contribution in [0.5, 0.6) is 0 Å². The first-order valence-corrected chi connectivity index (χ1v) is 6.64. The molecule has 1 aromatic carbocycles. The zero-order chi connectivity index (χ0) is 15.3. The number of hydrogen-bond donors (Lipinski definition) is 1. The molecule has 0 bridgehead atoms. The molecule has 7 heteroatoms. The van der Waals surface area contributed by atoms with Gasteiger partial charge in [-0.05, 0) is 31.5 Å². The van der Waals surface area contributed by atoms with Crippen LogP contribution in [-0.4, -0.2) is 27.7 Å². The third-order valence-electron chi connectivity index (χ3n) is 3.79. The Balaban J connectivity index is 1.81. The Bertz CT molecular complexity index is 651. The highest BCUT2D eigenvalue weighted by Crippen LogP contribution is 2.39. The topological polar surface area (TPSA) is 93.8 Å². The van der Waals surface area contributed by atoms with Crippen LogP contribution in [-0.2, 0) is 9.63 Å². The molecule has 1 fully saturated rings. The molecule has 1 unspecified atom stereocenters. The highest BCUT2D eigenvalue weighted by atomic mass is 16.7. The highest BCUT2D eigenvalue weighted by Gasteiger charge is 2.56. The van der Waals surface area contributed by atoms with Crippen molar-refractivity contribution in [2.45, 2.75) is 37.8 Å². The predicted molar refractivity (Wildman–Crippen MR) is 74.9 cm³/mol. The SMILES string of the molecule is CC1(C)CC2(CC(c3ccc([N+](=O)[O-])cc3)=NO2)C(=O)N1. The van der Waals surface area contributed by atoms with E-state index in [4.69, 9.17) is 4.84 Å². The first-order chi connectivity index (χ1) is 9.81. The maximum absolute atomic E-state index is 12.1. The van der Waals surface area contributed by atoms with Crippen LogP contribution in [0.2, 0.25) is 0 Å². The van der Waals surface area contributed by atoms with Crippen molar-refractivity contribution >= 4 is 17.3 Å². The monoisotopic (exact) mass is 289 g/mol. The molecule has 1 saturated heterocycles. The Hall–Kier alpha value is -2.44. The van der Waals surface area contributed by atoms with Crippen molar-refractivity contribution in [2.75, 3.05) is 0 Å². The minimum Gasteiger partial charge on any atom is -0.378 e. The van der Waals surface area contributed by atoms with Crippen LogP contribution >= 0.6 is 0 Å². The zero-order valence-electron chi connectivity index (χ0n) is 11.8. The smallest absolute Gasteiger partial charge is 0.269 e. The summed E-state index contributed by atoms with van der Waals surface area (Å²) in [4.78, 5) is 27.8. The van der Waals surface area contributed by atoms with E-state index in [1.165, 1.54) is 12.1 Å². The number of nitrogens with zero attached hydrogens (tertiary/aromatic N) is 2. The second kappa shape index (κ2) is 4.28. The Morgan fingerprint density at radius 2 is 2.00 bits per heavy atom. The molecule has 1 atom stereocenters. The Morgan fingerprint density at radius 3 is 2.52 bits per heavy atom. The molecule has 2 aliphatic rings. The summed E-state index contributed by atoms with van der Waals surface area (Å²) in [5.41, 5.74) is 0.124. The van der Waals surface area contributed by atoms with Gasteiger partial charge in [-0.25, -0.2) is 0 Å². The fraction of sp³-hybridized carbons (Fsp3) is 0.429. The summed E-state index contributed by atoms with van der Waals surface area (Å²) in [7, 11) is 0. The molecule has 1 amide bonds. The van der Waals surface area contributed by atoms with Gasteiger partial charge in [-0.15, -0.1) is 0 Å². The van der Waals surface area contributed by atoms with Crippen molar-refractivity contribution < 1.29 is 14.6 Å². The molecule has 21 heavy (non-hydrogen) atoms. The van der Waals surface area contributed by atoms with Gasteiger partial charge >= 0.3 is 0 Å². The number of amides is 1. The molecule has 1 spiro atoms. The van der Waals surface area contributed by atoms with E-state index in [-0.39, 0.29) is 17.1 Å². The molecule has 2 aliphatic heterocycles. The van der Waals surface area contributed by atoms with E-state index in [0.717, 1.165) is 5.56 Å². The van der Waals surface area contributed by atoms with E-state index in [1.807, 2.05) is 13.8 Å². The molecule has 1 N–H and O–H groups in total. The molecule has 110 valence electrons. The molecule has 7 nitrogen and oxygen atoms in total. The number of nitro benzene ring substituents is 1. The van der Waals surface area contributed by atoms with Gasteiger partial charge in [-0.2, -0.15) is 0 Å². The molecule has 0 saturated carbocycles. The number of hydrogen-bond acceptors (Lipinski definition) is 5. The predicted octanol–water partition coefficient (Wildman–Crippen LogP) is 1.76. The van der Waals surface area contributed by atoms with Crippen molar-refractivity contribution in [3.8, 4) is 0 Å². The van der Waals surface area contributed by atoms with E-state index in [1.54, 1.807) is 12.1 Å². The fourth-order valence-electron chi connectivity index (χ4n) is 2.88. The number of carbonyl (C=O) groups excluding carboxylic acids is 1. The summed E-state index contributed by atoms with van der Waals surface area (Å²) in [5, 5.41) is 17.6. The number of oxime groups is 1. The molecule has 0 aliphatic carbocycles. The van der Waals surface area contributed by atoms with Crippen LogP contribution in [0, 0.1) is 10.1 Å². The van der Waals surface area contributed by atoms with Crippen LogP contribution < -0.4 is 5.32 Å². The van der Waals surface area contributed by atoms with Crippen molar-refractivity contribution in [2.24, 2.45) is 5.16 Å². The van der Waals surface area contributed by atoms with Crippen molar-refractivity contribution in [3.05, 3.63) is 39.9 Å². The number of rotatable bonds is 2. The quantitative estimate of drug-likeness (QED) is 0.663. The summed E-state index contributed by atoms with van der Waals surface area (Å²) in [6.07, 6.45) is 0.916. The lowest BCUT2D eigenvalue weighted by Gasteiger charge is -2.19. The third-order valence-corrected chi connectivity index (χ3v) is 3.79. The van der Waals surface area contributed by atoms with Gasteiger partial charge in [-0.1, -0.05) is 5.16 Å². The minimum atomic E-state index is -0.944. The number of non-ortho nitro benzene ring substituents is 1. The summed E-state index contributed by atoms with van der Waals surface area (Å²) in [5.74, 6) is -0.159. The summed E-state index contributed by atoms with van der Waals surface area (Å²) >= 11 is 0. The van der Waals surface area contributed by atoms with Crippen molar-refractivity contribution in [1.82, 2.24) is 5.32 Å². The van der Waals surface area contributed by atoms with Crippen LogP contribution in [0.4, 0.5) is 5.69 Å². The fourth-order valence-corrected chi connectivity index (χ4v) is 2.88. The number of benzene rings is 1. The molecular weight excluding hydrogens is 274 g/mol. The average Bonchev–Trinajstić information content (AvgIpc) is 2.92. The first-order valence-electron chi connectivity index (χ1n) is 6.64. The summed E-state index contributed by atoms with van der Waals surface area (Å²) in [6, 6.07) is 6.08. The summed E-state index contributed by atoms with van der Waals surface area (Å²) < 4.78 is 0. The number of nitro groups is 1. The van der Waals surface area contributed by atoms with Gasteiger partial charge in [0.15, 0.2) is 0 Å². The molecule has 1 aromatic rings. The molecular formula is C14H15N3O4. The van der Waals surface area contributed by atoms with E-state index in [2.05, 4.69) is 10.5 Å². The highest BCUT2D eigenvalue weighted by molar-refractivity contribution is 6.06. The minimum absolute atomic E-state index is 0.0210. The normalized spacial score (nSPS) is 26.4. The van der Waals surface area contributed by atoms with Crippen LogP contribution in [0.25, 0.3) is 0 Å². The molecule has 0 radical (unpaired) electrons. The van der Waals surface area contributed by atoms with Gasteiger partial charge < -0.3 is 10.2 Å². The van der Waals surface area contributed by atoms with E-state index in [9.17, 15) is 14.9 Å². The van der Waals surface area contributed by atoms with Gasteiger partial charge in [0.25, 0.3) is 11.6 Å². The Kier molecular flexibility index (Phi) is 2.76. The largest absolute Gasteiger partial charge is 0.378 e. The molecule has 0 aromatic heterocycles. The second-order valence-electron chi connectivity index (χ2n) is 6.12. The van der Waals surface area contributed by atoms with Crippen molar-refractivity contribution in [3.63, 3.8) is 0 Å². The van der Waals surface area contributed by atoms with Crippen LogP contribution in [0.3, 0.4) is 0 Å². The maximum Gasteiger partial charge on any atom is 0.269 e. The van der Waals surface area contributed by atoms with Gasteiger partial charge in [0.2, 0.25) is 5.60 Å². The standard InChI is InChI=1S/C14H15N3O4/c1-13(2)8-14(12(18)15-13)7-11(16-21-14)9-3-5-10(6-4-9)17(19)20/h3-6H,7-8H2,1-2H3,(H,15,18). The zero-order valence-corrected chi connectivity index (χ0v) is 11.8. The average molecular weight is 289 g/mol. The number of carbonyl (C=O) groups is 1. The lowest BCUT2D eigenvalue weighted by atomic mass is 9.87. The maximum atomic E-state index is 12.1. The molecule has 3 rings (SSSR count). The Morgan fingerprint density at radius 1 is 1.33 bits per heavy atom. The van der Waals surface area contributed by atoms with Gasteiger partial charge in [-0.3, -0.25) is 14.9 Å². The molecule has 2 heterocycles. The van der Waals surface area contributed by atoms with Gasteiger partial charge in [0.1, 0.15) is 0 Å². The lowest BCUT2D eigenvalue weighted by Crippen LogP contribution is -2.39. The first kappa shape index (κ1) is 13.5. The Labute approximate surface area is 121 Å². The van der Waals surface area contributed by atoms with Crippen LogP contribution in [0.1, 0.15) is 32.3 Å². The van der Waals surface area contributed by atoms with E-state index >= 15 is 0 Å². The lowest BCUT2D eigenvalue weighted by molar-refractivity contribution is -0.384. The van der Waals surface area contributed by atoms with Crippen molar-refractivity contribution in [1.29, 1.82) is 0 Å². The summed E-state index contributed by atoms with van der Waals surface area (Å²) in [6.45, 7) is 3.87. The van der Waals surface area contributed by atoms with Gasteiger partial charge in [0, 0.05) is 30.5 Å².